The molecule has 0 bridgehead atoms. The third-order valence-electron chi connectivity index (χ3n) is 4.32. The number of sulfonamides is 1. The lowest BCUT2D eigenvalue weighted by molar-refractivity contribution is -0.159. The van der Waals surface area contributed by atoms with Crippen LogP contribution in [0.1, 0.15) is 18.9 Å². The number of benzene rings is 1. The predicted molar refractivity (Wildman–Crippen MR) is 81.2 cm³/mol. The molecule has 0 amide bonds. The number of ether oxygens (including phenoxy) is 1. The first-order valence-electron chi connectivity index (χ1n) is 7.06. The molecule has 8 heteroatoms. The van der Waals surface area contributed by atoms with Gasteiger partial charge in [-0.1, -0.05) is 17.7 Å². The van der Waals surface area contributed by atoms with Gasteiger partial charge < -0.3 is 9.84 Å². The Bertz CT molecular complexity index is 727. The van der Waals surface area contributed by atoms with Gasteiger partial charge >= 0.3 is 11.9 Å². The maximum atomic E-state index is 12.9. The van der Waals surface area contributed by atoms with Crippen molar-refractivity contribution in [3.05, 3.63) is 29.8 Å². The molecular weight excluding hydrogens is 322 g/mol. The molecule has 0 aliphatic carbocycles. The van der Waals surface area contributed by atoms with E-state index < -0.39 is 33.4 Å². The largest absolute Gasteiger partial charge is 0.481 e. The Morgan fingerprint density at radius 3 is 2.35 bits per heavy atom. The Hall–Kier alpha value is -1.93. The maximum Gasteiger partial charge on any atom is 0.327 e. The van der Waals surface area contributed by atoms with E-state index in [9.17, 15) is 23.1 Å². The topological polar surface area (TPSA) is 101 Å². The van der Waals surface area contributed by atoms with E-state index in [0.29, 0.717) is 0 Å². The van der Waals surface area contributed by atoms with E-state index in [0.717, 1.165) is 17.0 Å². The van der Waals surface area contributed by atoms with Gasteiger partial charge in [-0.25, -0.2) is 13.2 Å². The fourth-order valence-electron chi connectivity index (χ4n) is 2.96. The van der Waals surface area contributed by atoms with Crippen LogP contribution in [0.25, 0.3) is 0 Å². The molecule has 0 saturated carbocycles. The van der Waals surface area contributed by atoms with Crippen LogP contribution in [0.3, 0.4) is 0 Å². The minimum absolute atomic E-state index is 0.0178. The normalized spacial score (nSPS) is 25.3. The van der Waals surface area contributed by atoms with Crippen LogP contribution >= 0.6 is 0 Å². The molecular formula is C15H19NO6S. The molecule has 1 saturated heterocycles. The highest BCUT2D eigenvalue weighted by atomic mass is 32.2. The fraction of sp³-hybridized carbons (Fsp3) is 0.467. The van der Waals surface area contributed by atoms with Crippen LogP contribution in [-0.2, 0) is 24.3 Å². The highest BCUT2D eigenvalue weighted by Gasteiger charge is 2.59. The summed E-state index contributed by atoms with van der Waals surface area (Å²) in [6.45, 7) is 3.07. The first kappa shape index (κ1) is 17.4. The summed E-state index contributed by atoms with van der Waals surface area (Å²) in [5, 5.41) is 9.35. The molecule has 126 valence electrons. The Morgan fingerprint density at radius 2 is 1.87 bits per heavy atom. The van der Waals surface area contributed by atoms with Crippen molar-refractivity contribution in [2.24, 2.45) is 5.92 Å². The molecule has 0 radical (unpaired) electrons. The summed E-state index contributed by atoms with van der Waals surface area (Å²) in [6, 6.07) is 6.17. The Morgan fingerprint density at radius 1 is 1.30 bits per heavy atom. The van der Waals surface area contributed by atoms with E-state index in [2.05, 4.69) is 4.74 Å². The van der Waals surface area contributed by atoms with Crippen LogP contribution < -0.4 is 0 Å². The zero-order valence-corrected chi connectivity index (χ0v) is 14.0. The summed E-state index contributed by atoms with van der Waals surface area (Å²) in [5.74, 6) is -3.26. The van der Waals surface area contributed by atoms with Gasteiger partial charge in [0.15, 0.2) is 0 Å². The number of nitrogens with zero attached hydrogens (tertiary/aromatic N) is 1. The van der Waals surface area contributed by atoms with E-state index in [-0.39, 0.29) is 17.9 Å². The second kappa shape index (κ2) is 5.93. The monoisotopic (exact) mass is 341 g/mol. The van der Waals surface area contributed by atoms with Crippen molar-refractivity contribution >= 4 is 22.0 Å². The number of hydrogen-bond donors (Lipinski definition) is 1. The van der Waals surface area contributed by atoms with Crippen molar-refractivity contribution in [1.29, 1.82) is 0 Å². The van der Waals surface area contributed by atoms with Crippen molar-refractivity contribution in [3.8, 4) is 0 Å². The zero-order chi connectivity index (χ0) is 17.4. The summed E-state index contributed by atoms with van der Waals surface area (Å²) < 4.78 is 31.4. The van der Waals surface area contributed by atoms with Crippen LogP contribution in [0.4, 0.5) is 0 Å². The average Bonchev–Trinajstić information content (AvgIpc) is 2.86. The summed E-state index contributed by atoms with van der Waals surface area (Å²) >= 11 is 0. The van der Waals surface area contributed by atoms with E-state index in [1.54, 1.807) is 12.1 Å². The Labute approximate surface area is 134 Å². The third-order valence-corrected chi connectivity index (χ3v) is 6.33. The zero-order valence-electron chi connectivity index (χ0n) is 13.1. The molecule has 7 nitrogen and oxygen atoms in total. The minimum atomic E-state index is -4.02. The first-order valence-corrected chi connectivity index (χ1v) is 8.50. The van der Waals surface area contributed by atoms with Gasteiger partial charge in [-0.2, -0.15) is 4.31 Å². The number of carbonyl (C=O) groups excluding carboxylic acids is 1. The molecule has 0 spiro atoms. The quantitative estimate of drug-likeness (QED) is 0.821. The number of carboxylic acids is 1. The van der Waals surface area contributed by atoms with Gasteiger partial charge in [-0.05, 0) is 32.4 Å². The lowest BCUT2D eigenvalue weighted by atomic mass is 9.87. The second-order valence-corrected chi connectivity index (χ2v) is 7.57. The molecule has 0 unspecified atom stereocenters. The molecule has 0 aromatic heterocycles. The molecule has 1 aromatic carbocycles. The van der Waals surface area contributed by atoms with E-state index in [1.807, 2.05) is 6.92 Å². The van der Waals surface area contributed by atoms with Crippen LogP contribution in [0.15, 0.2) is 29.2 Å². The molecule has 1 heterocycles. The predicted octanol–water partition coefficient (Wildman–Crippen LogP) is 1.02. The van der Waals surface area contributed by atoms with Gasteiger partial charge in [0.2, 0.25) is 10.0 Å². The first-order chi connectivity index (χ1) is 10.7. The average molecular weight is 341 g/mol. The van der Waals surface area contributed by atoms with Gasteiger partial charge in [0.25, 0.3) is 0 Å². The highest BCUT2D eigenvalue weighted by Crippen LogP contribution is 2.40. The summed E-state index contributed by atoms with van der Waals surface area (Å²) in [7, 11) is -2.90. The summed E-state index contributed by atoms with van der Waals surface area (Å²) in [4.78, 5) is 23.7. The number of aryl methyl sites for hydroxylation is 1. The van der Waals surface area contributed by atoms with Crippen molar-refractivity contribution in [2.75, 3.05) is 13.7 Å². The van der Waals surface area contributed by atoms with E-state index in [1.165, 1.54) is 19.1 Å². The highest BCUT2D eigenvalue weighted by molar-refractivity contribution is 7.89. The molecule has 1 fully saturated rings. The van der Waals surface area contributed by atoms with Gasteiger partial charge in [0.1, 0.15) is 5.54 Å². The number of carbonyl (C=O) groups is 2. The Balaban J connectivity index is 2.54. The fourth-order valence-corrected chi connectivity index (χ4v) is 4.74. The second-order valence-electron chi connectivity index (χ2n) is 5.71. The number of aliphatic carboxylic acids is 1. The molecule has 2 atom stereocenters. The molecule has 1 aliphatic heterocycles. The Kier molecular flexibility index (Phi) is 4.50. The molecule has 1 aliphatic rings. The van der Waals surface area contributed by atoms with Gasteiger partial charge in [-0.15, -0.1) is 0 Å². The van der Waals surface area contributed by atoms with E-state index >= 15 is 0 Å². The van der Waals surface area contributed by atoms with Crippen LogP contribution in [-0.4, -0.2) is 49.0 Å². The van der Waals surface area contributed by atoms with Gasteiger partial charge in [-0.3, -0.25) is 4.79 Å². The number of rotatable bonds is 4. The molecule has 2 rings (SSSR count). The summed E-state index contributed by atoms with van der Waals surface area (Å²) in [5.41, 5.74) is -0.880. The van der Waals surface area contributed by atoms with Crippen LogP contribution in [0.5, 0.6) is 0 Å². The van der Waals surface area contributed by atoms with E-state index in [4.69, 9.17) is 0 Å². The third kappa shape index (κ3) is 2.72. The lowest BCUT2D eigenvalue weighted by Crippen LogP contribution is -2.56. The smallest absolute Gasteiger partial charge is 0.327 e. The summed E-state index contributed by atoms with van der Waals surface area (Å²) in [6.07, 6.45) is 0.0476. The molecule has 23 heavy (non-hydrogen) atoms. The van der Waals surface area contributed by atoms with Gasteiger partial charge in [0.05, 0.1) is 17.9 Å². The van der Waals surface area contributed by atoms with Crippen LogP contribution in [0, 0.1) is 12.8 Å². The number of esters is 1. The van der Waals surface area contributed by atoms with Crippen LogP contribution in [0.2, 0.25) is 0 Å². The van der Waals surface area contributed by atoms with Crippen molar-refractivity contribution in [1.82, 2.24) is 4.31 Å². The number of methoxy groups -OCH3 is 1. The van der Waals surface area contributed by atoms with Crippen molar-refractivity contribution < 1.29 is 27.9 Å². The van der Waals surface area contributed by atoms with Crippen molar-refractivity contribution in [3.63, 3.8) is 0 Å². The minimum Gasteiger partial charge on any atom is -0.481 e. The molecule has 1 aromatic rings. The SMILES string of the molecule is COC(=O)[C@@]1(C)[C@@H](C(=O)O)CCN1S(=O)(=O)c1ccc(C)cc1. The number of hydrogen-bond acceptors (Lipinski definition) is 5. The van der Waals surface area contributed by atoms with Crippen molar-refractivity contribution in [2.45, 2.75) is 30.7 Å². The number of carboxylic acid groups (broad SMARTS) is 1. The van der Waals surface area contributed by atoms with Gasteiger partial charge in [0, 0.05) is 6.54 Å². The molecule has 1 N–H and O–H groups in total. The maximum absolute atomic E-state index is 12.9. The standard InChI is InChI=1S/C15H19NO6S/c1-10-4-6-11(7-5-10)23(20,21)16-9-8-12(13(17)18)15(16,2)14(19)22-3/h4-7,12H,8-9H2,1-3H3,(H,17,18)/t12-,15-/m1/s1. The lowest BCUT2D eigenvalue weighted by Gasteiger charge is -2.34.